The number of fused-ring (bicyclic) bond motifs is 1. The summed E-state index contributed by atoms with van der Waals surface area (Å²) >= 11 is 0. The molecule has 2 N–H and O–H groups in total. The SMILES string of the molecule is Cc1cc(-c2nnc3n2CCC(CN)C3)ccc1F. The lowest BCUT2D eigenvalue weighted by atomic mass is 9.98. The van der Waals surface area contributed by atoms with E-state index >= 15 is 0 Å². The van der Waals surface area contributed by atoms with Crippen molar-refractivity contribution < 1.29 is 4.39 Å². The summed E-state index contributed by atoms with van der Waals surface area (Å²) in [5.41, 5.74) is 7.27. The molecule has 2 aromatic rings. The molecule has 0 saturated carbocycles. The third-order valence-corrected chi connectivity index (χ3v) is 3.81. The molecule has 0 amide bonds. The highest BCUT2D eigenvalue weighted by Gasteiger charge is 2.22. The third kappa shape index (κ3) is 2.14. The second-order valence-electron chi connectivity index (χ2n) is 5.15. The molecule has 4 nitrogen and oxygen atoms in total. The fourth-order valence-electron chi connectivity index (χ4n) is 2.59. The van der Waals surface area contributed by atoms with Gasteiger partial charge in [-0.05, 0) is 49.6 Å². The maximum atomic E-state index is 13.3. The quantitative estimate of drug-likeness (QED) is 0.897. The minimum atomic E-state index is -0.190. The number of rotatable bonds is 2. The predicted octanol–water partition coefficient (Wildman–Crippen LogP) is 1.91. The Kier molecular flexibility index (Phi) is 3.06. The fourth-order valence-corrected chi connectivity index (χ4v) is 2.59. The molecule has 19 heavy (non-hydrogen) atoms. The van der Waals surface area contributed by atoms with Gasteiger partial charge in [-0.1, -0.05) is 0 Å². The van der Waals surface area contributed by atoms with E-state index in [1.165, 1.54) is 6.07 Å². The topological polar surface area (TPSA) is 56.7 Å². The maximum Gasteiger partial charge on any atom is 0.163 e. The number of hydrogen-bond acceptors (Lipinski definition) is 3. The van der Waals surface area contributed by atoms with Crippen molar-refractivity contribution in [1.29, 1.82) is 0 Å². The average Bonchev–Trinajstić information content (AvgIpc) is 2.84. The van der Waals surface area contributed by atoms with E-state index in [0.717, 1.165) is 36.6 Å². The Bertz CT molecular complexity index is 605. The zero-order valence-electron chi connectivity index (χ0n) is 10.9. The van der Waals surface area contributed by atoms with Gasteiger partial charge in [-0.2, -0.15) is 0 Å². The summed E-state index contributed by atoms with van der Waals surface area (Å²) in [6, 6.07) is 5.06. The summed E-state index contributed by atoms with van der Waals surface area (Å²) < 4.78 is 15.4. The third-order valence-electron chi connectivity index (χ3n) is 3.81. The van der Waals surface area contributed by atoms with Gasteiger partial charge in [0.25, 0.3) is 0 Å². The standard InChI is InChI=1S/C14H17FN4/c1-9-6-11(2-3-12(9)15)14-18-17-13-7-10(8-16)4-5-19(13)14/h2-3,6,10H,4-5,7-8,16H2,1H3. The first-order valence-electron chi connectivity index (χ1n) is 6.57. The van der Waals surface area contributed by atoms with Crippen molar-refractivity contribution in [1.82, 2.24) is 14.8 Å². The zero-order chi connectivity index (χ0) is 13.4. The molecule has 5 heteroatoms. The largest absolute Gasteiger partial charge is 0.330 e. The smallest absolute Gasteiger partial charge is 0.163 e. The van der Waals surface area contributed by atoms with Crippen LogP contribution in [-0.2, 0) is 13.0 Å². The van der Waals surface area contributed by atoms with E-state index < -0.39 is 0 Å². The van der Waals surface area contributed by atoms with Gasteiger partial charge in [0, 0.05) is 18.5 Å². The van der Waals surface area contributed by atoms with Gasteiger partial charge >= 0.3 is 0 Å². The van der Waals surface area contributed by atoms with Crippen LogP contribution in [0.4, 0.5) is 4.39 Å². The van der Waals surface area contributed by atoms with Crippen LogP contribution in [0.5, 0.6) is 0 Å². The molecule has 2 heterocycles. The Labute approximate surface area is 111 Å². The van der Waals surface area contributed by atoms with Crippen LogP contribution < -0.4 is 5.73 Å². The molecule has 1 atom stereocenters. The van der Waals surface area contributed by atoms with Crippen molar-refractivity contribution in [2.75, 3.05) is 6.54 Å². The van der Waals surface area contributed by atoms with E-state index in [0.29, 0.717) is 18.0 Å². The molecule has 0 spiro atoms. The van der Waals surface area contributed by atoms with Crippen LogP contribution in [0.25, 0.3) is 11.4 Å². The lowest BCUT2D eigenvalue weighted by Crippen LogP contribution is -2.25. The van der Waals surface area contributed by atoms with E-state index in [2.05, 4.69) is 14.8 Å². The molecule has 1 aliphatic rings. The number of aromatic nitrogens is 3. The molecular formula is C14H17FN4. The van der Waals surface area contributed by atoms with E-state index in [-0.39, 0.29) is 5.82 Å². The van der Waals surface area contributed by atoms with Gasteiger partial charge in [0.05, 0.1) is 0 Å². The Hall–Kier alpha value is -1.75. The summed E-state index contributed by atoms with van der Waals surface area (Å²) in [5.74, 6) is 2.12. The van der Waals surface area contributed by atoms with Gasteiger partial charge < -0.3 is 10.3 Å². The number of halogens is 1. The second kappa shape index (κ2) is 4.74. The highest BCUT2D eigenvalue weighted by Crippen LogP contribution is 2.26. The number of hydrogen-bond donors (Lipinski definition) is 1. The molecule has 0 saturated heterocycles. The Morgan fingerprint density at radius 2 is 2.26 bits per heavy atom. The number of nitrogens with zero attached hydrogens (tertiary/aromatic N) is 3. The van der Waals surface area contributed by atoms with Gasteiger partial charge in [-0.25, -0.2) is 4.39 Å². The molecule has 0 aliphatic carbocycles. The second-order valence-corrected chi connectivity index (χ2v) is 5.15. The lowest BCUT2D eigenvalue weighted by molar-refractivity contribution is 0.391. The van der Waals surface area contributed by atoms with Crippen LogP contribution in [0, 0.1) is 18.7 Å². The molecule has 100 valence electrons. The van der Waals surface area contributed by atoms with E-state index in [1.807, 2.05) is 6.07 Å². The van der Waals surface area contributed by atoms with Crippen LogP contribution in [0.15, 0.2) is 18.2 Å². The van der Waals surface area contributed by atoms with Crippen molar-refractivity contribution >= 4 is 0 Å². The summed E-state index contributed by atoms with van der Waals surface area (Å²) in [6.07, 6.45) is 1.93. The lowest BCUT2D eigenvalue weighted by Gasteiger charge is -2.22. The van der Waals surface area contributed by atoms with Crippen LogP contribution in [-0.4, -0.2) is 21.3 Å². The van der Waals surface area contributed by atoms with E-state index in [9.17, 15) is 4.39 Å². The molecule has 1 aromatic heterocycles. The summed E-state index contributed by atoms with van der Waals surface area (Å²) in [7, 11) is 0. The van der Waals surface area contributed by atoms with Crippen LogP contribution in [0.1, 0.15) is 17.8 Å². The Morgan fingerprint density at radius 3 is 3.00 bits per heavy atom. The highest BCUT2D eigenvalue weighted by atomic mass is 19.1. The first-order chi connectivity index (χ1) is 9.19. The predicted molar refractivity (Wildman–Crippen MR) is 71.0 cm³/mol. The van der Waals surface area contributed by atoms with Gasteiger partial charge in [-0.15, -0.1) is 10.2 Å². The Morgan fingerprint density at radius 1 is 1.42 bits per heavy atom. The number of aryl methyl sites for hydroxylation is 1. The summed E-state index contributed by atoms with van der Waals surface area (Å²) in [6.45, 7) is 3.34. The first-order valence-corrected chi connectivity index (χ1v) is 6.57. The molecule has 0 bridgehead atoms. The van der Waals surface area contributed by atoms with Crippen molar-refractivity contribution in [3.05, 3.63) is 35.4 Å². The van der Waals surface area contributed by atoms with Crippen LogP contribution in [0.2, 0.25) is 0 Å². The van der Waals surface area contributed by atoms with Gasteiger partial charge in [-0.3, -0.25) is 0 Å². The van der Waals surface area contributed by atoms with E-state index in [4.69, 9.17) is 5.73 Å². The maximum absolute atomic E-state index is 13.3. The highest BCUT2D eigenvalue weighted by molar-refractivity contribution is 5.56. The van der Waals surface area contributed by atoms with Crippen molar-refractivity contribution in [2.45, 2.75) is 26.3 Å². The first kappa shape index (κ1) is 12.3. The average molecular weight is 260 g/mol. The molecule has 0 fully saturated rings. The Balaban J connectivity index is 1.99. The molecule has 1 unspecified atom stereocenters. The van der Waals surface area contributed by atoms with Crippen molar-refractivity contribution in [2.24, 2.45) is 11.7 Å². The zero-order valence-corrected chi connectivity index (χ0v) is 10.9. The monoisotopic (exact) mass is 260 g/mol. The summed E-state index contributed by atoms with van der Waals surface area (Å²) in [4.78, 5) is 0. The van der Waals surface area contributed by atoms with Crippen LogP contribution in [0.3, 0.4) is 0 Å². The molecule has 1 aromatic carbocycles. The van der Waals surface area contributed by atoms with Crippen molar-refractivity contribution in [3.63, 3.8) is 0 Å². The van der Waals surface area contributed by atoms with Gasteiger partial charge in [0.2, 0.25) is 0 Å². The summed E-state index contributed by atoms with van der Waals surface area (Å²) in [5, 5.41) is 8.50. The molecule has 0 radical (unpaired) electrons. The fraction of sp³-hybridized carbons (Fsp3) is 0.429. The number of benzene rings is 1. The minimum absolute atomic E-state index is 0.190. The minimum Gasteiger partial charge on any atom is -0.330 e. The van der Waals surface area contributed by atoms with Gasteiger partial charge in [0.15, 0.2) is 5.82 Å². The molecule has 3 rings (SSSR count). The molecular weight excluding hydrogens is 243 g/mol. The van der Waals surface area contributed by atoms with Gasteiger partial charge in [0.1, 0.15) is 11.6 Å². The molecule has 1 aliphatic heterocycles. The van der Waals surface area contributed by atoms with Crippen LogP contribution >= 0.6 is 0 Å². The number of nitrogens with two attached hydrogens (primary N) is 1. The normalized spacial score (nSPS) is 18.4. The van der Waals surface area contributed by atoms with Crippen molar-refractivity contribution in [3.8, 4) is 11.4 Å². The van der Waals surface area contributed by atoms with E-state index in [1.54, 1.807) is 13.0 Å².